The Morgan fingerprint density at radius 2 is 1.95 bits per heavy atom. The highest BCUT2D eigenvalue weighted by Gasteiger charge is 2.38. The predicted octanol–water partition coefficient (Wildman–Crippen LogP) is 3.94. The summed E-state index contributed by atoms with van der Waals surface area (Å²) < 4.78 is 45.0. The maximum absolute atomic E-state index is 13.3. The van der Waals surface area contributed by atoms with Crippen LogP contribution in [0.25, 0.3) is 21.5 Å². The van der Waals surface area contributed by atoms with Crippen molar-refractivity contribution in [1.82, 2.24) is 4.98 Å². The van der Waals surface area contributed by atoms with Gasteiger partial charge in [0.2, 0.25) is 0 Å². The van der Waals surface area contributed by atoms with E-state index in [9.17, 15) is 18.0 Å². The maximum Gasteiger partial charge on any atom is 0.418 e. The van der Waals surface area contributed by atoms with Crippen LogP contribution in [-0.2, 0) is 6.18 Å². The van der Waals surface area contributed by atoms with Gasteiger partial charge in [0.05, 0.1) is 5.56 Å². The maximum atomic E-state index is 13.3. The van der Waals surface area contributed by atoms with E-state index in [0.717, 1.165) is 11.3 Å². The first-order valence-corrected chi connectivity index (χ1v) is 6.39. The molecule has 0 saturated heterocycles. The van der Waals surface area contributed by atoms with Crippen LogP contribution in [0.4, 0.5) is 13.2 Å². The second-order valence-corrected chi connectivity index (χ2v) is 4.87. The molecule has 0 aliphatic heterocycles. The number of aromatic nitrogens is 1. The zero-order valence-electron chi connectivity index (χ0n) is 9.77. The fourth-order valence-electron chi connectivity index (χ4n) is 1.99. The van der Waals surface area contributed by atoms with Gasteiger partial charge in [-0.05, 0) is 6.07 Å². The van der Waals surface area contributed by atoms with Crippen LogP contribution in [-0.4, -0.2) is 4.98 Å². The van der Waals surface area contributed by atoms with Gasteiger partial charge in [0, 0.05) is 17.0 Å². The third-order valence-electron chi connectivity index (χ3n) is 2.74. The molecule has 0 atom stereocenters. The molecule has 0 unspecified atom stereocenters. The van der Waals surface area contributed by atoms with Gasteiger partial charge in [0.15, 0.2) is 0 Å². The van der Waals surface area contributed by atoms with Crippen LogP contribution in [0.1, 0.15) is 5.56 Å². The molecule has 7 heteroatoms. The number of fused-ring (bicyclic) bond motifs is 1. The number of nitrogens with zero attached hydrogens (tertiary/aromatic N) is 1. The van der Waals surface area contributed by atoms with Crippen LogP contribution >= 0.6 is 11.3 Å². The summed E-state index contributed by atoms with van der Waals surface area (Å²) in [5, 5.41) is 1.35. The Bertz CT molecular complexity index is 822. The molecular formula is C13H6F3NO2S. The van der Waals surface area contributed by atoms with E-state index in [0.29, 0.717) is 0 Å². The second kappa shape index (κ2) is 4.45. The Labute approximate surface area is 114 Å². The highest BCUT2D eigenvalue weighted by Crippen LogP contribution is 2.40. The molecular weight excluding hydrogens is 291 g/mol. The zero-order chi connectivity index (χ0) is 14.3. The van der Waals surface area contributed by atoms with Crippen LogP contribution in [0.5, 0.6) is 0 Å². The van der Waals surface area contributed by atoms with Crippen molar-refractivity contribution in [1.29, 1.82) is 0 Å². The van der Waals surface area contributed by atoms with Crippen LogP contribution < -0.4 is 5.63 Å². The van der Waals surface area contributed by atoms with Crippen LogP contribution in [0.2, 0.25) is 0 Å². The Morgan fingerprint density at radius 3 is 2.60 bits per heavy atom. The van der Waals surface area contributed by atoms with Crippen molar-refractivity contribution in [2.24, 2.45) is 0 Å². The Morgan fingerprint density at radius 1 is 1.20 bits per heavy atom. The van der Waals surface area contributed by atoms with E-state index in [1.165, 1.54) is 35.8 Å². The molecule has 3 nitrogen and oxygen atoms in total. The molecule has 0 amide bonds. The van der Waals surface area contributed by atoms with E-state index in [-0.39, 0.29) is 16.0 Å². The van der Waals surface area contributed by atoms with Crippen molar-refractivity contribution in [2.75, 3.05) is 0 Å². The van der Waals surface area contributed by atoms with Crippen molar-refractivity contribution in [3.8, 4) is 10.6 Å². The van der Waals surface area contributed by atoms with E-state index < -0.39 is 22.9 Å². The summed E-state index contributed by atoms with van der Waals surface area (Å²) in [5.74, 6) is 0. The van der Waals surface area contributed by atoms with Crippen molar-refractivity contribution in [2.45, 2.75) is 6.18 Å². The monoisotopic (exact) mass is 297 g/mol. The Kier molecular flexibility index (Phi) is 2.86. The third kappa shape index (κ3) is 2.00. The van der Waals surface area contributed by atoms with Crippen LogP contribution in [0, 0.1) is 0 Å². The molecule has 0 spiro atoms. The molecule has 0 saturated carbocycles. The van der Waals surface area contributed by atoms with E-state index in [2.05, 4.69) is 4.98 Å². The summed E-state index contributed by atoms with van der Waals surface area (Å²) in [4.78, 5) is 15.7. The molecule has 0 aliphatic rings. The van der Waals surface area contributed by atoms with E-state index >= 15 is 0 Å². The quantitative estimate of drug-likeness (QED) is 0.639. The fourth-order valence-corrected chi connectivity index (χ4v) is 2.66. The van der Waals surface area contributed by atoms with E-state index in [4.69, 9.17) is 4.42 Å². The summed E-state index contributed by atoms with van der Waals surface area (Å²) in [7, 11) is 0. The molecule has 3 aromatic rings. The lowest BCUT2D eigenvalue weighted by Gasteiger charge is -2.12. The highest BCUT2D eigenvalue weighted by molar-refractivity contribution is 7.13. The molecule has 2 aromatic heterocycles. The summed E-state index contributed by atoms with van der Waals surface area (Å²) in [6, 6.07) is 5.58. The third-order valence-corrected chi connectivity index (χ3v) is 3.53. The van der Waals surface area contributed by atoms with Crippen molar-refractivity contribution >= 4 is 22.3 Å². The minimum absolute atomic E-state index is 0.00294. The molecule has 20 heavy (non-hydrogen) atoms. The molecule has 0 N–H and O–H groups in total. The molecule has 102 valence electrons. The Hall–Kier alpha value is -2.15. The number of para-hydroxylation sites is 1. The molecule has 0 aliphatic carbocycles. The molecule has 1 aromatic carbocycles. The second-order valence-electron chi connectivity index (χ2n) is 3.97. The number of hydrogen-bond acceptors (Lipinski definition) is 4. The van der Waals surface area contributed by atoms with Gasteiger partial charge >= 0.3 is 11.8 Å². The van der Waals surface area contributed by atoms with Crippen LogP contribution in [0.15, 0.2) is 45.1 Å². The van der Waals surface area contributed by atoms with E-state index in [1.807, 2.05) is 0 Å². The smallest absolute Gasteiger partial charge is 0.418 e. The largest absolute Gasteiger partial charge is 0.422 e. The predicted molar refractivity (Wildman–Crippen MR) is 68.6 cm³/mol. The lowest BCUT2D eigenvalue weighted by molar-refractivity contribution is -0.136. The molecule has 0 radical (unpaired) electrons. The normalized spacial score (nSPS) is 11.9. The molecule has 3 rings (SSSR count). The van der Waals surface area contributed by atoms with Gasteiger partial charge < -0.3 is 4.42 Å². The number of rotatable bonds is 1. The first kappa shape index (κ1) is 12.9. The lowest BCUT2D eigenvalue weighted by atomic mass is 10.0. The number of alkyl halides is 3. The fraction of sp³-hybridized carbons (Fsp3) is 0.0769. The number of hydrogen-bond donors (Lipinski definition) is 0. The number of benzene rings is 1. The minimum atomic E-state index is -4.67. The van der Waals surface area contributed by atoms with Gasteiger partial charge in [0.1, 0.15) is 16.2 Å². The number of halogens is 3. The van der Waals surface area contributed by atoms with Gasteiger partial charge in [0.25, 0.3) is 0 Å². The van der Waals surface area contributed by atoms with Crippen molar-refractivity contribution in [3.63, 3.8) is 0 Å². The van der Waals surface area contributed by atoms with Crippen molar-refractivity contribution < 1.29 is 17.6 Å². The summed E-state index contributed by atoms with van der Waals surface area (Å²) in [6.07, 6.45) is -3.33. The van der Waals surface area contributed by atoms with E-state index in [1.54, 1.807) is 0 Å². The summed E-state index contributed by atoms with van der Waals surface area (Å²) in [6.45, 7) is 0. The standard InChI is InChI=1S/C13H6F3NO2S/c14-13(15,16)10-7-3-1-2-4-8(7)19-12(18)9(10)11-17-5-6-20-11/h1-6H. The Balaban J connectivity index is 2.51. The average Bonchev–Trinajstić information content (AvgIpc) is 2.89. The topological polar surface area (TPSA) is 43.1 Å². The molecule has 0 bridgehead atoms. The van der Waals surface area contributed by atoms with Gasteiger partial charge in [-0.15, -0.1) is 11.3 Å². The minimum Gasteiger partial charge on any atom is -0.422 e. The van der Waals surface area contributed by atoms with Gasteiger partial charge in [-0.25, -0.2) is 9.78 Å². The SMILES string of the molecule is O=c1oc2ccccc2c(C(F)(F)F)c1-c1nccs1. The molecule has 0 fully saturated rings. The van der Waals surface area contributed by atoms with Crippen LogP contribution in [0.3, 0.4) is 0 Å². The first-order chi connectivity index (χ1) is 9.48. The van der Waals surface area contributed by atoms with Gasteiger partial charge in [-0.1, -0.05) is 18.2 Å². The lowest BCUT2D eigenvalue weighted by Crippen LogP contribution is -2.15. The van der Waals surface area contributed by atoms with Gasteiger partial charge in [-0.2, -0.15) is 13.2 Å². The first-order valence-electron chi connectivity index (χ1n) is 5.51. The zero-order valence-corrected chi connectivity index (χ0v) is 10.6. The summed E-state index contributed by atoms with van der Waals surface area (Å²) in [5.41, 5.74) is -2.67. The van der Waals surface area contributed by atoms with Gasteiger partial charge in [-0.3, -0.25) is 0 Å². The average molecular weight is 297 g/mol. The molecule has 2 heterocycles. The van der Waals surface area contributed by atoms with Crippen molar-refractivity contribution in [3.05, 3.63) is 51.8 Å². The highest BCUT2D eigenvalue weighted by atomic mass is 32.1. The summed E-state index contributed by atoms with van der Waals surface area (Å²) >= 11 is 0.958. The number of thiazole rings is 1.